The standard InChI is InChI=1S/C11H12ClNO2/c12-11-6-8-4-9(14)7(2-1-3-13)5-10(8)15-11/h4-6,14H,1-3,13H2. The zero-order valence-corrected chi connectivity index (χ0v) is 8.92. The molecular weight excluding hydrogens is 214 g/mol. The van der Waals surface area contributed by atoms with Crippen LogP contribution in [0.2, 0.25) is 5.22 Å². The Balaban J connectivity index is 2.42. The van der Waals surface area contributed by atoms with Gasteiger partial charge in [0.2, 0.25) is 0 Å². The smallest absolute Gasteiger partial charge is 0.194 e. The molecule has 0 aliphatic heterocycles. The van der Waals surface area contributed by atoms with Crippen LogP contribution in [-0.4, -0.2) is 11.7 Å². The molecule has 1 heterocycles. The van der Waals surface area contributed by atoms with Gasteiger partial charge in [-0.25, -0.2) is 0 Å². The van der Waals surface area contributed by atoms with Crippen LogP contribution < -0.4 is 5.73 Å². The predicted molar refractivity (Wildman–Crippen MR) is 60.3 cm³/mol. The van der Waals surface area contributed by atoms with Gasteiger partial charge in [0, 0.05) is 11.5 Å². The summed E-state index contributed by atoms with van der Waals surface area (Å²) in [4.78, 5) is 0. The van der Waals surface area contributed by atoms with Crippen molar-refractivity contribution in [3.63, 3.8) is 0 Å². The van der Waals surface area contributed by atoms with E-state index in [1.165, 1.54) is 0 Å². The lowest BCUT2D eigenvalue weighted by Crippen LogP contribution is -2.00. The molecule has 0 fully saturated rings. The fourth-order valence-electron chi connectivity index (χ4n) is 1.58. The molecule has 0 unspecified atom stereocenters. The van der Waals surface area contributed by atoms with Crippen molar-refractivity contribution in [2.45, 2.75) is 12.8 Å². The highest BCUT2D eigenvalue weighted by atomic mass is 35.5. The quantitative estimate of drug-likeness (QED) is 0.845. The second kappa shape index (κ2) is 4.13. The van der Waals surface area contributed by atoms with E-state index in [4.69, 9.17) is 21.8 Å². The Morgan fingerprint density at radius 3 is 2.87 bits per heavy atom. The first kappa shape index (κ1) is 10.3. The molecule has 80 valence electrons. The third-order valence-electron chi connectivity index (χ3n) is 2.34. The second-order valence-electron chi connectivity index (χ2n) is 3.46. The molecule has 0 aliphatic rings. The van der Waals surface area contributed by atoms with Crippen LogP contribution in [-0.2, 0) is 6.42 Å². The van der Waals surface area contributed by atoms with E-state index < -0.39 is 0 Å². The van der Waals surface area contributed by atoms with E-state index >= 15 is 0 Å². The Morgan fingerprint density at radius 1 is 1.33 bits per heavy atom. The number of benzene rings is 1. The van der Waals surface area contributed by atoms with Crippen LogP contribution in [0.25, 0.3) is 11.0 Å². The average Bonchev–Trinajstić information content (AvgIpc) is 2.53. The number of furan rings is 1. The number of phenols is 1. The summed E-state index contributed by atoms with van der Waals surface area (Å²) in [6, 6.07) is 5.16. The summed E-state index contributed by atoms with van der Waals surface area (Å²) in [6.45, 7) is 0.608. The number of nitrogens with two attached hydrogens (primary N) is 1. The van der Waals surface area contributed by atoms with Crippen molar-refractivity contribution in [2.24, 2.45) is 5.73 Å². The van der Waals surface area contributed by atoms with E-state index in [-0.39, 0.29) is 5.75 Å². The van der Waals surface area contributed by atoms with Crippen molar-refractivity contribution in [2.75, 3.05) is 6.54 Å². The summed E-state index contributed by atoms with van der Waals surface area (Å²) in [5.74, 6) is 0.272. The van der Waals surface area contributed by atoms with Crippen molar-refractivity contribution in [1.29, 1.82) is 0 Å². The van der Waals surface area contributed by atoms with Crippen molar-refractivity contribution in [3.8, 4) is 5.75 Å². The molecule has 15 heavy (non-hydrogen) atoms. The molecule has 0 saturated heterocycles. The van der Waals surface area contributed by atoms with Crippen LogP contribution in [0.5, 0.6) is 5.75 Å². The molecule has 0 bridgehead atoms. The van der Waals surface area contributed by atoms with Crippen molar-refractivity contribution in [3.05, 3.63) is 29.0 Å². The zero-order valence-electron chi connectivity index (χ0n) is 8.16. The largest absolute Gasteiger partial charge is 0.508 e. The van der Waals surface area contributed by atoms with E-state index in [0.29, 0.717) is 17.3 Å². The molecule has 0 atom stereocenters. The minimum absolute atomic E-state index is 0.272. The van der Waals surface area contributed by atoms with Gasteiger partial charge in [-0.3, -0.25) is 0 Å². The van der Waals surface area contributed by atoms with Gasteiger partial charge >= 0.3 is 0 Å². The Labute approximate surface area is 92.4 Å². The maximum Gasteiger partial charge on any atom is 0.194 e. The number of rotatable bonds is 3. The van der Waals surface area contributed by atoms with Gasteiger partial charge in [0.15, 0.2) is 5.22 Å². The number of aromatic hydroxyl groups is 1. The summed E-state index contributed by atoms with van der Waals surface area (Å²) >= 11 is 5.72. The number of aryl methyl sites for hydroxylation is 1. The highest BCUT2D eigenvalue weighted by Crippen LogP contribution is 2.29. The lowest BCUT2D eigenvalue weighted by atomic mass is 10.1. The zero-order chi connectivity index (χ0) is 10.8. The molecule has 0 radical (unpaired) electrons. The maximum absolute atomic E-state index is 9.72. The van der Waals surface area contributed by atoms with Gasteiger partial charge in [-0.1, -0.05) is 0 Å². The van der Waals surface area contributed by atoms with Gasteiger partial charge in [-0.2, -0.15) is 0 Å². The highest BCUT2D eigenvalue weighted by molar-refractivity contribution is 6.29. The third kappa shape index (κ3) is 2.08. The molecular formula is C11H12ClNO2. The molecule has 2 rings (SSSR count). The lowest BCUT2D eigenvalue weighted by molar-refractivity contribution is 0.467. The topological polar surface area (TPSA) is 59.4 Å². The fraction of sp³-hybridized carbons (Fsp3) is 0.273. The molecule has 0 saturated carbocycles. The highest BCUT2D eigenvalue weighted by Gasteiger charge is 2.07. The summed E-state index contributed by atoms with van der Waals surface area (Å²) in [5.41, 5.74) is 6.96. The maximum atomic E-state index is 9.72. The van der Waals surface area contributed by atoms with Gasteiger partial charge in [-0.15, -0.1) is 0 Å². The van der Waals surface area contributed by atoms with E-state index in [1.54, 1.807) is 12.1 Å². The van der Waals surface area contributed by atoms with Crippen LogP contribution in [0.3, 0.4) is 0 Å². The van der Waals surface area contributed by atoms with Gasteiger partial charge in [-0.05, 0) is 48.7 Å². The van der Waals surface area contributed by atoms with Crippen molar-refractivity contribution < 1.29 is 9.52 Å². The number of fused-ring (bicyclic) bond motifs is 1. The molecule has 2 aromatic rings. The molecule has 1 aromatic heterocycles. The first-order valence-electron chi connectivity index (χ1n) is 4.81. The molecule has 0 amide bonds. The van der Waals surface area contributed by atoms with Crippen molar-refractivity contribution in [1.82, 2.24) is 0 Å². The number of hydrogen-bond donors (Lipinski definition) is 2. The minimum Gasteiger partial charge on any atom is -0.508 e. The Morgan fingerprint density at radius 2 is 2.13 bits per heavy atom. The predicted octanol–water partition coefficient (Wildman–Crippen LogP) is 2.68. The molecule has 4 heteroatoms. The summed E-state index contributed by atoms with van der Waals surface area (Å²) in [7, 11) is 0. The SMILES string of the molecule is NCCCc1cc2oc(Cl)cc2cc1O. The second-order valence-corrected chi connectivity index (χ2v) is 3.83. The van der Waals surface area contributed by atoms with Crippen LogP contribution >= 0.6 is 11.6 Å². The van der Waals surface area contributed by atoms with E-state index in [9.17, 15) is 5.11 Å². The Hall–Kier alpha value is -1.19. The monoisotopic (exact) mass is 225 g/mol. The molecule has 0 spiro atoms. The summed E-state index contributed by atoms with van der Waals surface area (Å²) < 4.78 is 5.27. The van der Waals surface area contributed by atoms with Gasteiger partial charge in [0.25, 0.3) is 0 Å². The first-order valence-corrected chi connectivity index (χ1v) is 5.19. The van der Waals surface area contributed by atoms with Crippen LogP contribution in [0, 0.1) is 0 Å². The van der Waals surface area contributed by atoms with Crippen LogP contribution in [0.1, 0.15) is 12.0 Å². The van der Waals surface area contributed by atoms with E-state index in [0.717, 1.165) is 23.8 Å². The third-order valence-corrected chi connectivity index (χ3v) is 2.52. The molecule has 3 nitrogen and oxygen atoms in total. The van der Waals surface area contributed by atoms with E-state index in [1.807, 2.05) is 6.07 Å². The average molecular weight is 226 g/mol. The molecule has 1 aromatic carbocycles. The fourth-order valence-corrected chi connectivity index (χ4v) is 1.78. The Bertz CT molecular complexity index is 479. The van der Waals surface area contributed by atoms with Crippen LogP contribution in [0.4, 0.5) is 0 Å². The number of halogens is 1. The Kier molecular flexibility index (Phi) is 2.84. The summed E-state index contributed by atoms with van der Waals surface area (Å²) in [6.07, 6.45) is 1.59. The van der Waals surface area contributed by atoms with Gasteiger partial charge in [0.1, 0.15) is 11.3 Å². The number of phenolic OH excluding ortho intramolecular Hbond substituents is 1. The normalized spacial score (nSPS) is 11.1. The van der Waals surface area contributed by atoms with Crippen molar-refractivity contribution >= 4 is 22.6 Å². The summed E-state index contributed by atoms with van der Waals surface area (Å²) in [5, 5.41) is 10.9. The van der Waals surface area contributed by atoms with E-state index in [2.05, 4.69) is 0 Å². The first-order chi connectivity index (χ1) is 7.20. The lowest BCUT2D eigenvalue weighted by Gasteiger charge is -2.02. The molecule has 0 aliphatic carbocycles. The minimum atomic E-state index is 0.272. The number of hydrogen-bond acceptors (Lipinski definition) is 3. The van der Waals surface area contributed by atoms with Gasteiger partial charge < -0.3 is 15.3 Å². The van der Waals surface area contributed by atoms with Gasteiger partial charge in [0.05, 0.1) is 0 Å². The molecule has 3 N–H and O–H groups in total. The van der Waals surface area contributed by atoms with Crippen LogP contribution in [0.15, 0.2) is 22.6 Å².